The average molecular weight is 179 g/mol. The quantitative estimate of drug-likeness (QED) is 0.682. The average Bonchev–Trinajstić information content (AvgIpc) is 2.87. The Morgan fingerprint density at radius 3 is 3.08 bits per heavy atom. The molecule has 2 rings (SSSR count). The molecule has 0 saturated heterocycles. The van der Waals surface area contributed by atoms with Crippen LogP contribution >= 0.6 is 0 Å². The summed E-state index contributed by atoms with van der Waals surface area (Å²) in [5.41, 5.74) is 6.10. The van der Waals surface area contributed by atoms with Gasteiger partial charge in [-0.3, -0.25) is 9.48 Å². The van der Waals surface area contributed by atoms with E-state index in [0.717, 1.165) is 18.4 Å². The molecular formula is C9H13N3O. The number of aromatic nitrogens is 2. The van der Waals surface area contributed by atoms with Gasteiger partial charge in [0.25, 0.3) is 0 Å². The highest BCUT2D eigenvalue weighted by atomic mass is 16.1. The minimum Gasteiger partial charge on any atom is -0.329 e. The number of carbonyl (C=O) groups is 1. The van der Waals surface area contributed by atoms with Crippen LogP contribution in [0.15, 0.2) is 12.4 Å². The number of ketones is 1. The van der Waals surface area contributed by atoms with Crippen molar-refractivity contribution in [2.75, 3.05) is 6.54 Å². The molecule has 0 aromatic carbocycles. The minimum absolute atomic E-state index is 0.239. The van der Waals surface area contributed by atoms with Gasteiger partial charge in [-0.25, -0.2) is 0 Å². The van der Waals surface area contributed by atoms with Gasteiger partial charge in [-0.2, -0.15) is 5.10 Å². The zero-order valence-electron chi connectivity index (χ0n) is 7.44. The Labute approximate surface area is 76.7 Å². The van der Waals surface area contributed by atoms with Crippen molar-refractivity contribution in [2.24, 2.45) is 11.7 Å². The van der Waals surface area contributed by atoms with Crippen molar-refractivity contribution in [3.63, 3.8) is 0 Å². The van der Waals surface area contributed by atoms with E-state index in [2.05, 4.69) is 5.10 Å². The third-order valence-corrected chi connectivity index (χ3v) is 2.22. The number of nitrogens with two attached hydrogens (primary N) is 1. The maximum Gasteiger partial charge on any atom is 0.169 e. The zero-order valence-corrected chi connectivity index (χ0v) is 7.44. The fourth-order valence-corrected chi connectivity index (χ4v) is 1.33. The molecule has 4 heteroatoms. The summed E-state index contributed by atoms with van der Waals surface area (Å²) in [5.74, 6) is 0.513. The zero-order chi connectivity index (χ0) is 9.26. The monoisotopic (exact) mass is 179 g/mol. The van der Waals surface area contributed by atoms with Crippen LogP contribution in [0.3, 0.4) is 0 Å². The standard InChI is InChI=1S/C9H13N3O/c10-3-4-12-6-8(5-11-12)9(13)7-1-2-7/h5-7H,1-4,10H2. The molecule has 70 valence electrons. The van der Waals surface area contributed by atoms with Crippen molar-refractivity contribution in [2.45, 2.75) is 19.4 Å². The second-order valence-electron chi connectivity index (χ2n) is 3.42. The molecule has 1 aliphatic carbocycles. The lowest BCUT2D eigenvalue weighted by Gasteiger charge is -1.95. The van der Waals surface area contributed by atoms with Gasteiger partial charge in [0.05, 0.1) is 18.3 Å². The molecule has 1 aliphatic rings. The molecule has 0 atom stereocenters. The number of Topliss-reactive ketones (excluding diaryl/α,β-unsaturated/α-hetero) is 1. The van der Waals surface area contributed by atoms with Crippen molar-refractivity contribution in [1.82, 2.24) is 9.78 Å². The summed E-state index contributed by atoms with van der Waals surface area (Å²) in [4.78, 5) is 11.5. The van der Waals surface area contributed by atoms with Crippen LogP contribution in [-0.2, 0) is 6.54 Å². The van der Waals surface area contributed by atoms with Gasteiger partial charge in [0, 0.05) is 18.7 Å². The van der Waals surface area contributed by atoms with Crippen LogP contribution in [-0.4, -0.2) is 22.1 Å². The van der Waals surface area contributed by atoms with Crippen molar-refractivity contribution in [3.8, 4) is 0 Å². The van der Waals surface area contributed by atoms with Crippen LogP contribution in [0.5, 0.6) is 0 Å². The van der Waals surface area contributed by atoms with Gasteiger partial charge in [0.1, 0.15) is 0 Å². The Balaban J connectivity index is 2.07. The Kier molecular flexibility index (Phi) is 2.14. The third-order valence-electron chi connectivity index (χ3n) is 2.22. The first kappa shape index (κ1) is 8.44. The highest BCUT2D eigenvalue weighted by molar-refractivity contribution is 5.98. The van der Waals surface area contributed by atoms with Gasteiger partial charge in [0.15, 0.2) is 5.78 Å². The molecule has 0 radical (unpaired) electrons. The first-order chi connectivity index (χ1) is 6.31. The van der Waals surface area contributed by atoms with Crippen LogP contribution in [0.2, 0.25) is 0 Å². The van der Waals surface area contributed by atoms with E-state index in [1.54, 1.807) is 17.1 Å². The van der Waals surface area contributed by atoms with E-state index in [1.165, 1.54) is 0 Å². The van der Waals surface area contributed by atoms with Crippen molar-refractivity contribution >= 4 is 5.78 Å². The summed E-state index contributed by atoms with van der Waals surface area (Å²) in [5, 5.41) is 4.05. The van der Waals surface area contributed by atoms with Gasteiger partial charge in [0.2, 0.25) is 0 Å². The molecule has 0 bridgehead atoms. The molecule has 1 aromatic heterocycles. The predicted molar refractivity (Wildman–Crippen MR) is 48.3 cm³/mol. The van der Waals surface area contributed by atoms with Gasteiger partial charge in [-0.05, 0) is 12.8 Å². The van der Waals surface area contributed by atoms with Crippen LogP contribution in [0.25, 0.3) is 0 Å². The van der Waals surface area contributed by atoms with Crippen LogP contribution in [0.1, 0.15) is 23.2 Å². The van der Waals surface area contributed by atoms with Crippen molar-refractivity contribution < 1.29 is 4.79 Å². The lowest BCUT2D eigenvalue weighted by molar-refractivity contribution is 0.0967. The van der Waals surface area contributed by atoms with Crippen LogP contribution < -0.4 is 5.73 Å². The smallest absolute Gasteiger partial charge is 0.169 e. The number of rotatable bonds is 4. The maximum absolute atomic E-state index is 11.5. The lowest BCUT2D eigenvalue weighted by atomic mass is 10.1. The molecular weight excluding hydrogens is 166 g/mol. The number of hydrogen-bond acceptors (Lipinski definition) is 3. The van der Waals surface area contributed by atoms with E-state index in [0.29, 0.717) is 13.1 Å². The van der Waals surface area contributed by atoms with Gasteiger partial charge in [-0.1, -0.05) is 0 Å². The Morgan fingerprint density at radius 1 is 1.69 bits per heavy atom. The molecule has 0 unspecified atom stereocenters. The molecule has 4 nitrogen and oxygen atoms in total. The summed E-state index contributed by atoms with van der Waals surface area (Å²) in [6, 6.07) is 0. The summed E-state index contributed by atoms with van der Waals surface area (Å²) < 4.78 is 1.72. The summed E-state index contributed by atoms with van der Waals surface area (Å²) in [6.45, 7) is 1.23. The van der Waals surface area contributed by atoms with Crippen molar-refractivity contribution in [1.29, 1.82) is 0 Å². The summed E-state index contributed by atoms with van der Waals surface area (Å²) in [7, 11) is 0. The molecule has 1 fully saturated rings. The normalized spacial score (nSPS) is 16.1. The van der Waals surface area contributed by atoms with E-state index in [1.807, 2.05) is 0 Å². The predicted octanol–water partition coefficient (Wildman–Crippen LogP) is 0.434. The topological polar surface area (TPSA) is 60.9 Å². The SMILES string of the molecule is NCCn1cc(C(=O)C2CC2)cn1. The fraction of sp³-hybridized carbons (Fsp3) is 0.556. The Bertz CT molecular complexity index is 314. The van der Waals surface area contributed by atoms with E-state index in [9.17, 15) is 4.79 Å². The van der Waals surface area contributed by atoms with E-state index < -0.39 is 0 Å². The van der Waals surface area contributed by atoms with E-state index in [4.69, 9.17) is 5.73 Å². The summed E-state index contributed by atoms with van der Waals surface area (Å²) in [6.07, 6.45) is 5.51. The van der Waals surface area contributed by atoms with Crippen LogP contribution in [0, 0.1) is 5.92 Å². The molecule has 2 N–H and O–H groups in total. The molecule has 1 aromatic rings. The minimum atomic E-state index is 0.239. The lowest BCUT2D eigenvalue weighted by Crippen LogP contribution is -2.10. The molecule has 13 heavy (non-hydrogen) atoms. The number of nitrogens with zero attached hydrogens (tertiary/aromatic N) is 2. The highest BCUT2D eigenvalue weighted by Gasteiger charge is 2.30. The summed E-state index contributed by atoms with van der Waals surface area (Å²) >= 11 is 0. The van der Waals surface area contributed by atoms with Crippen LogP contribution in [0.4, 0.5) is 0 Å². The first-order valence-corrected chi connectivity index (χ1v) is 4.58. The second kappa shape index (κ2) is 3.30. The second-order valence-corrected chi connectivity index (χ2v) is 3.42. The van der Waals surface area contributed by atoms with Gasteiger partial charge >= 0.3 is 0 Å². The van der Waals surface area contributed by atoms with E-state index >= 15 is 0 Å². The maximum atomic E-state index is 11.5. The fourth-order valence-electron chi connectivity index (χ4n) is 1.33. The Morgan fingerprint density at radius 2 is 2.46 bits per heavy atom. The molecule has 0 aliphatic heterocycles. The Hall–Kier alpha value is -1.16. The van der Waals surface area contributed by atoms with Crippen molar-refractivity contribution in [3.05, 3.63) is 18.0 Å². The highest BCUT2D eigenvalue weighted by Crippen LogP contribution is 2.32. The molecule has 0 amide bonds. The molecule has 1 saturated carbocycles. The number of hydrogen-bond donors (Lipinski definition) is 1. The largest absolute Gasteiger partial charge is 0.329 e. The molecule has 0 spiro atoms. The van der Waals surface area contributed by atoms with Gasteiger partial charge < -0.3 is 5.73 Å². The van der Waals surface area contributed by atoms with Gasteiger partial charge in [-0.15, -0.1) is 0 Å². The first-order valence-electron chi connectivity index (χ1n) is 4.58. The van der Waals surface area contributed by atoms with E-state index in [-0.39, 0.29) is 11.7 Å². The number of carbonyl (C=O) groups excluding carboxylic acids is 1. The third kappa shape index (κ3) is 1.78. The molecule has 1 heterocycles.